The van der Waals surface area contributed by atoms with E-state index in [2.05, 4.69) is 15.0 Å². The first-order chi connectivity index (χ1) is 12.3. The zero-order chi connectivity index (χ0) is 18.7. The molecule has 3 rings (SSSR count). The third-order valence-electron chi connectivity index (χ3n) is 3.66. The van der Waals surface area contributed by atoms with E-state index in [1.54, 1.807) is 19.2 Å². The van der Waals surface area contributed by atoms with Crippen LogP contribution in [-0.4, -0.2) is 26.8 Å². The van der Waals surface area contributed by atoms with Crippen LogP contribution >= 0.6 is 11.3 Å². The van der Waals surface area contributed by atoms with Crippen molar-refractivity contribution >= 4 is 37.9 Å². The van der Waals surface area contributed by atoms with Gasteiger partial charge in [-0.25, -0.2) is 13.4 Å². The molecule has 0 unspecified atom stereocenters. The largest absolute Gasteiger partial charge is 0.497 e. The van der Waals surface area contributed by atoms with Gasteiger partial charge in [-0.3, -0.25) is 4.72 Å². The van der Waals surface area contributed by atoms with Crippen LogP contribution < -0.4 is 14.8 Å². The molecule has 1 heterocycles. The Balaban J connectivity index is 1.75. The Morgan fingerprint density at radius 1 is 1.12 bits per heavy atom. The van der Waals surface area contributed by atoms with Crippen LogP contribution in [-0.2, 0) is 10.0 Å². The Labute approximate surface area is 156 Å². The fourth-order valence-corrected chi connectivity index (χ4v) is 3.70. The van der Waals surface area contributed by atoms with Crippen LogP contribution in [0.25, 0.3) is 11.3 Å². The zero-order valence-corrected chi connectivity index (χ0v) is 16.2. The molecule has 136 valence electrons. The van der Waals surface area contributed by atoms with Crippen molar-refractivity contribution in [2.75, 3.05) is 23.4 Å². The van der Waals surface area contributed by atoms with Crippen LogP contribution in [0.2, 0.25) is 0 Å². The maximum absolute atomic E-state index is 11.3. The molecule has 0 amide bonds. The Hall–Kier alpha value is -2.58. The number of methoxy groups -OCH3 is 1. The van der Waals surface area contributed by atoms with Gasteiger partial charge in [0.2, 0.25) is 10.0 Å². The Kier molecular flexibility index (Phi) is 5.15. The second kappa shape index (κ2) is 7.35. The van der Waals surface area contributed by atoms with Crippen LogP contribution in [0.3, 0.4) is 0 Å². The van der Waals surface area contributed by atoms with E-state index >= 15 is 0 Å². The molecule has 6 nitrogen and oxygen atoms in total. The Morgan fingerprint density at radius 3 is 2.46 bits per heavy atom. The maximum Gasteiger partial charge on any atom is 0.229 e. The van der Waals surface area contributed by atoms with Gasteiger partial charge in [-0.05, 0) is 42.8 Å². The monoisotopic (exact) mass is 389 g/mol. The highest BCUT2D eigenvalue weighted by molar-refractivity contribution is 7.92. The van der Waals surface area contributed by atoms with Crippen molar-refractivity contribution in [1.29, 1.82) is 0 Å². The fourth-order valence-electron chi connectivity index (χ4n) is 2.41. The number of ether oxygens (including phenoxy) is 1. The van der Waals surface area contributed by atoms with Crippen molar-refractivity contribution in [3.05, 3.63) is 53.4 Å². The van der Waals surface area contributed by atoms with Gasteiger partial charge in [0.25, 0.3) is 0 Å². The lowest BCUT2D eigenvalue weighted by atomic mass is 10.1. The zero-order valence-electron chi connectivity index (χ0n) is 14.6. The summed E-state index contributed by atoms with van der Waals surface area (Å²) < 4.78 is 30.2. The molecule has 0 fully saturated rings. The summed E-state index contributed by atoms with van der Waals surface area (Å²) in [4.78, 5) is 4.60. The minimum Gasteiger partial charge on any atom is -0.497 e. The summed E-state index contributed by atoms with van der Waals surface area (Å²) in [6.07, 6.45) is 1.13. The first-order valence-electron chi connectivity index (χ1n) is 7.79. The molecule has 0 aliphatic rings. The number of benzene rings is 2. The van der Waals surface area contributed by atoms with E-state index < -0.39 is 10.0 Å². The number of aryl methyl sites for hydroxylation is 1. The molecule has 0 saturated heterocycles. The number of hydrogen-bond acceptors (Lipinski definition) is 6. The molecule has 0 aliphatic carbocycles. The molecule has 0 saturated carbocycles. The lowest BCUT2D eigenvalue weighted by Crippen LogP contribution is -2.09. The normalized spacial score (nSPS) is 11.2. The van der Waals surface area contributed by atoms with E-state index in [-0.39, 0.29) is 0 Å². The summed E-state index contributed by atoms with van der Waals surface area (Å²) >= 11 is 1.51. The number of nitrogens with zero attached hydrogens (tertiary/aromatic N) is 1. The van der Waals surface area contributed by atoms with Crippen molar-refractivity contribution < 1.29 is 13.2 Å². The summed E-state index contributed by atoms with van der Waals surface area (Å²) in [5.74, 6) is 0.815. The molecule has 8 heteroatoms. The third kappa shape index (κ3) is 4.53. The average Bonchev–Trinajstić information content (AvgIpc) is 3.04. The molecule has 0 spiro atoms. The van der Waals surface area contributed by atoms with Crippen molar-refractivity contribution in [1.82, 2.24) is 4.98 Å². The Morgan fingerprint density at radius 2 is 1.85 bits per heavy atom. The van der Waals surface area contributed by atoms with Crippen LogP contribution in [0.4, 0.5) is 16.5 Å². The molecule has 3 aromatic rings. The van der Waals surface area contributed by atoms with E-state index in [9.17, 15) is 8.42 Å². The van der Waals surface area contributed by atoms with Gasteiger partial charge >= 0.3 is 0 Å². The second-order valence-corrected chi connectivity index (χ2v) is 8.40. The quantitative estimate of drug-likeness (QED) is 0.659. The molecule has 0 radical (unpaired) electrons. The average molecular weight is 390 g/mol. The van der Waals surface area contributed by atoms with Crippen LogP contribution in [0.1, 0.15) is 5.56 Å². The first-order valence-corrected chi connectivity index (χ1v) is 10.6. The Bertz CT molecular complexity index is 1010. The molecular formula is C18H19N3O3S2. The van der Waals surface area contributed by atoms with Crippen molar-refractivity contribution in [2.45, 2.75) is 6.92 Å². The van der Waals surface area contributed by atoms with Crippen LogP contribution in [0.5, 0.6) is 5.75 Å². The first kappa shape index (κ1) is 18.2. The molecule has 0 aliphatic heterocycles. The molecular weight excluding hydrogens is 370 g/mol. The van der Waals surface area contributed by atoms with Gasteiger partial charge in [0.15, 0.2) is 5.13 Å². The lowest BCUT2D eigenvalue weighted by Gasteiger charge is -2.08. The van der Waals surface area contributed by atoms with E-state index in [0.717, 1.165) is 39.6 Å². The van der Waals surface area contributed by atoms with Gasteiger partial charge in [0.05, 0.1) is 19.1 Å². The molecule has 2 aromatic carbocycles. The maximum atomic E-state index is 11.3. The summed E-state index contributed by atoms with van der Waals surface area (Å²) in [6, 6.07) is 12.9. The molecule has 2 N–H and O–H groups in total. The molecule has 0 atom stereocenters. The smallest absolute Gasteiger partial charge is 0.229 e. The van der Waals surface area contributed by atoms with Crippen LogP contribution in [0, 0.1) is 6.92 Å². The highest BCUT2D eigenvalue weighted by atomic mass is 32.2. The standard InChI is InChI=1S/C18H19N3O3S2/c1-12-10-15(24-2)8-9-16(12)19-18-20-17(11-25-18)13-4-6-14(7-5-13)21-26(3,22)23/h4-11,21H,1-3H3,(H,19,20). The number of aromatic nitrogens is 1. The highest BCUT2D eigenvalue weighted by Crippen LogP contribution is 2.30. The summed E-state index contributed by atoms with van der Waals surface area (Å²) in [5.41, 5.74) is 4.31. The number of hydrogen-bond donors (Lipinski definition) is 2. The topological polar surface area (TPSA) is 80.3 Å². The van der Waals surface area contributed by atoms with Gasteiger partial charge < -0.3 is 10.1 Å². The predicted octanol–water partition coefficient (Wildman–Crippen LogP) is 4.24. The molecule has 1 aromatic heterocycles. The minimum absolute atomic E-state index is 0.527. The number of rotatable bonds is 6. The minimum atomic E-state index is -3.28. The van der Waals surface area contributed by atoms with Crippen LogP contribution in [0.15, 0.2) is 47.8 Å². The number of anilines is 3. The van der Waals surface area contributed by atoms with Gasteiger partial charge in [-0.1, -0.05) is 12.1 Å². The molecule has 26 heavy (non-hydrogen) atoms. The second-order valence-electron chi connectivity index (χ2n) is 5.80. The lowest BCUT2D eigenvalue weighted by molar-refractivity contribution is 0.414. The van der Waals surface area contributed by atoms with Crippen molar-refractivity contribution in [3.63, 3.8) is 0 Å². The van der Waals surface area contributed by atoms with E-state index in [0.29, 0.717) is 5.69 Å². The predicted molar refractivity (Wildman–Crippen MR) is 107 cm³/mol. The van der Waals surface area contributed by atoms with Crippen molar-refractivity contribution in [2.24, 2.45) is 0 Å². The van der Waals surface area contributed by atoms with E-state index in [1.807, 2.05) is 42.6 Å². The van der Waals surface area contributed by atoms with E-state index in [4.69, 9.17) is 4.74 Å². The highest BCUT2D eigenvalue weighted by Gasteiger charge is 2.08. The van der Waals surface area contributed by atoms with Gasteiger partial charge in [0, 0.05) is 22.3 Å². The van der Waals surface area contributed by atoms with E-state index in [1.165, 1.54) is 11.3 Å². The van der Waals surface area contributed by atoms with Gasteiger partial charge in [0.1, 0.15) is 5.75 Å². The van der Waals surface area contributed by atoms with Gasteiger partial charge in [-0.15, -0.1) is 11.3 Å². The SMILES string of the molecule is COc1ccc(Nc2nc(-c3ccc(NS(C)(=O)=O)cc3)cs2)c(C)c1. The van der Waals surface area contributed by atoms with Gasteiger partial charge in [-0.2, -0.15) is 0 Å². The number of sulfonamides is 1. The molecule has 0 bridgehead atoms. The van der Waals surface area contributed by atoms with Crippen molar-refractivity contribution in [3.8, 4) is 17.0 Å². The third-order valence-corrected chi connectivity index (χ3v) is 5.03. The fraction of sp³-hybridized carbons (Fsp3) is 0.167. The summed E-state index contributed by atoms with van der Waals surface area (Å²) in [6.45, 7) is 2.01. The summed E-state index contributed by atoms with van der Waals surface area (Å²) in [5, 5.41) is 6.06. The number of thiazole rings is 1. The number of nitrogens with one attached hydrogen (secondary N) is 2. The summed E-state index contributed by atoms with van der Waals surface area (Å²) in [7, 11) is -1.63.